The molecule has 178 valence electrons. The van der Waals surface area contributed by atoms with Crippen molar-refractivity contribution >= 4 is 21.5 Å². The summed E-state index contributed by atoms with van der Waals surface area (Å²) in [6.07, 6.45) is 1.87. The summed E-state index contributed by atoms with van der Waals surface area (Å²) in [4.78, 5) is 9.82. The molecule has 1 heterocycles. The second-order valence-corrected chi connectivity index (χ2v) is 9.42. The van der Waals surface area contributed by atoms with Gasteiger partial charge in [-0.3, -0.25) is 0 Å². The first-order chi connectivity index (χ1) is 18.9. The van der Waals surface area contributed by atoms with Crippen LogP contribution in [0.2, 0.25) is 0 Å². The van der Waals surface area contributed by atoms with E-state index in [4.69, 9.17) is 9.97 Å². The minimum atomic E-state index is 0.740. The van der Waals surface area contributed by atoms with Crippen molar-refractivity contribution in [3.8, 4) is 44.9 Å². The zero-order chi connectivity index (χ0) is 25.3. The van der Waals surface area contributed by atoms with Gasteiger partial charge in [0.05, 0.1) is 5.69 Å². The summed E-state index contributed by atoms with van der Waals surface area (Å²) in [5.41, 5.74) is 7.94. The molecule has 0 spiro atoms. The second kappa shape index (κ2) is 9.42. The van der Waals surface area contributed by atoms with Crippen molar-refractivity contribution in [2.45, 2.75) is 0 Å². The van der Waals surface area contributed by atoms with Crippen LogP contribution in [0, 0.1) is 0 Å². The highest BCUT2D eigenvalue weighted by Crippen LogP contribution is 2.43. The van der Waals surface area contributed by atoms with Crippen molar-refractivity contribution < 1.29 is 0 Å². The molecule has 0 aliphatic heterocycles. The summed E-state index contributed by atoms with van der Waals surface area (Å²) in [7, 11) is 0. The molecule has 0 amide bonds. The van der Waals surface area contributed by atoms with E-state index in [0.717, 1.165) is 33.4 Å². The molecular weight excluding hydrogens is 460 g/mol. The minimum Gasteiger partial charge on any atom is -0.237 e. The Bertz CT molecular complexity index is 1830. The Balaban J connectivity index is 1.47. The van der Waals surface area contributed by atoms with Crippen molar-refractivity contribution in [1.29, 1.82) is 0 Å². The molecule has 6 aromatic carbocycles. The third-order valence-electron chi connectivity index (χ3n) is 7.16. The lowest BCUT2D eigenvalue weighted by Crippen LogP contribution is -1.96. The zero-order valence-electron chi connectivity index (χ0n) is 20.8. The first kappa shape index (κ1) is 22.1. The van der Waals surface area contributed by atoms with E-state index in [1.54, 1.807) is 0 Å². The third-order valence-corrected chi connectivity index (χ3v) is 7.16. The fourth-order valence-electron chi connectivity index (χ4n) is 5.39. The van der Waals surface area contributed by atoms with E-state index >= 15 is 0 Å². The first-order valence-corrected chi connectivity index (χ1v) is 12.8. The van der Waals surface area contributed by atoms with Gasteiger partial charge in [0.25, 0.3) is 0 Å². The van der Waals surface area contributed by atoms with Crippen molar-refractivity contribution in [3.05, 3.63) is 146 Å². The highest BCUT2D eigenvalue weighted by Gasteiger charge is 2.18. The Hall–Kier alpha value is -5.08. The van der Waals surface area contributed by atoms with E-state index in [2.05, 4.69) is 115 Å². The number of nitrogens with zero attached hydrogens (tertiary/aromatic N) is 2. The van der Waals surface area contributed by atoms with Crippen LogP contribution in [0.15, 0.2) is 146 Å². The Morgan fingerprint density at radius 1 is 0.342 bits per heavy atom. The summed E-state index contributed by atoms with van der Waals surface area (Å²) in [6.45, 7) is 0. The molecule has 0 fully saturated rings. The van der Waals surface area contributed by atoms with Crippen LogP contribution in [0.1, 0.15) is 0 Å². The molecule has 0 radical (unpaired) electrons. The molecule has 7 rings (SSSR count). The maximum Gasteiger partial charge on any atom is 0.161 e. The summed E-state index contributed by atoms with van der Waals surface area (Å²) >= 11 is 0. The molecule has 0 aliphatic carbocycles. The number of hydrogen-bond donors (Lipinski definition) is 0. The molecule has 1 aromatic heterocycles. The fourth-order valence-corrected chi connectivity index (χ4v) is 5.39. The Kier molecular flexibility index (Phi) is 5.49. The van der Waals surface area contributed by atoms with Crippen LogP contribution in [0.25, 0.3) is 66.4 Å². The average Bonchev–Trinajstić information content (AvgIpc) is 3.01. The quantitative estimate of drug-likeness (QED) is 0.233. The van der Waals surface area contributed by atoms with Gasteiger partial charge in [0.2, 0.25) is 0 Å². The number of fused-ring (bicyclic) bond motifs is 2. The molecule has 0 unspecified atom stereocenters. The van der Waals surface area contributed by atoms with Crippen molar-refractivity contribution in [3.63, 3.8) is 0 Å². The summed E-state index contributed by atoms with van der Waals surface area (Å²) in [6, 6.07) is 48.9. The van der Waals surface area contributed by atoms with Crippen molar-refractivity contribution in [2.75, 3.05) is 0 Å². The number of benzene rings is 6. The van der Waals surface area contributed by atoms with Gasteiger partial charge in [-0.15, -0.1) is 0 Å². The molecule has 0 aliphatic rings. The van der Waals surface area contributed by atoms with E-state index in [9.17, 15) is 0 Å². The summed E-state index contributed by atoms with van der Waals surface area (Å²) < 4.78 is 0. The van der Waals surface area contributed by atoms with Gasteiger partial charge >= 0.3 is 0 Å². The molecule has 0 saturated heterocycles. The lowest BCUT2D eigenvalue weighted by atomic mass is 9.87. The minimum absolute atomic E-state index is 0.740. The van der Waals surface area contributed by atoms with Crippen molar-refractivity contribution in [2.24, 2.45) is 0 Å². The van der Waals surface area contributed by atoms with E-state index in [-0.39, 0.29) is 0 Å². The number of rotatable bonds is 4. The Labute approximate surface area is 221 Å². The highest BCUT2D eigenvalue weighted by atomic mass is 14.9. The zero-order valence-corrected chi connectivity index (χ0v) is 20.8. The second-order valence-electron chi connectivity index (χ2n) is 9.42. The number of aromatic nitrogens is 2. The van der Waals surface area contributed by atoms with E-state index in [0.29, 0.717) is 0 Å². The predicted octanol–water partition coefficient (Wildman–Crippen LogP) is 9.45. The first-order valence-electron chi connectivity index (χ1n) is 12.8. The van der Waals surface area contributed by atoms with Crippen LogP contribution in [0.3, 0.4) is 0 Å². The smallest absolute Gasteiger partial charge is 0.161 e. The molecule has 2 nitrogen and oxygen atoms in total. The molecular formula is C36H24N2. The topological polar surface area (TPSA) is 25.8 Å². The van der Waals surface area contributed by atoms with Gasteiger partial charge in [-0.2, -0.15) is 0 Å². The fraction of sp³-hybridized carbons (Fsp3) is 0. The SMILES string of the molecule is c1ccc(-c2ccc(-c3c4ccccc4c(-c4nccc(-c5ccccc5)n4)c4ccccc34)cc2)cc1. The molecule has 0 bridgehead atoms. The highest BCUT2D eigenvalue weighted by molar-refractivity contribution is 6.20. The molecule has 38 heavy (non-hydrogen) atoms. The van der Waals surface area contributed by atoms with Gasteiger partial charge in [0.1, 0.15) is 0 Å². The van der Waals surface area contributed by atoms with Gasteiger partial charge in [-0.1, -0.05) is 133 Å². The lowest BCUT2D eigenvalue weighted by Gasteiger charge is -2.17. The maximum absolute atomic E-state index is 5.05. The van der Waals surface area contributed by atoms with Crippen LogP contribution in [-0.2, 0) is 0 Å². The summed E-state index contributed by atoms with van der Waals surface area (Å²) in [5.74, 6) is 0.740. The molecule has 0 N–H and O–H groups in total. The molecule has 0 atom stereocenters. The average molecular weight is 485 g/mol. The van der Waals surface area contributed by atoms with Gasteiger partial charge in [-0.25, -0.2) is 9.97 Å². The van der Waals surface area contributed by atoms with Crippen molar-refractivity contribution in [1.82, 2.24) is 9.97 Å². The maximum atomic E-state index is 5.05. The van der Waals surface area contributed by atoms with Gasteiger partial charge in [0.15, 0.2) is 5.82 Å². The standard InChI is InChI=1S/C36H24N2/c1-3-11-25(12-4-1)26-19-21-28(22-20-26)34-29-15-7-9-17-31(29)35(32-18-10-8-16-30(32)34)36-37-24-23-33(38-36)27-13-5-2-6-14-27/h1-24H. The predicted molar refractivity (Wildman–Crippen MR) is 159 cm³/mol. The van der Waals surface area contributed by atoms with Crippen LogP contribution in [0.4, 0.5) is 0 Å². The molecule has 7 aromatic rings. The van der Waals surface area contributed by atoms with Crippen LogP contribution in [-0.4, -0.2) is 9.97 Å². The lowest BCUT2D eigenvalue weighted by molar-refractivity contribution is 1.19. The normalized spacial score (nSPS) is 11.2. The molecule has 2 heteroatoms. The van der Waals surface area contributed by atoms with Gasteiger partial charge < -0.3 is 0 Å². The Morgan fingerprint density at radius 2 is 0.789 bits per heavy atom. The van der Waals surface area contributed by atoms with Crippen LogP contribution < -0.4 is 0 Å². The third kappa shape index (κ3) is 3.84. The van der Waals surface area contributed by atoms with E-state index < -0.39 is 0 Å². The monoisotopic (exact) mass is 484 g/mol. The van der Waals surface area contributed by atoms with E-state index in [1.807, 2.05) is 30.5 Å². The van der Waals surface area contributed by atoms with Gasteiger partial charge in [0, 0.05) is 17.3 Å². The van der Waals surface area contributed by atoms with Crippen LogP contribution in [0.5, 0.6) is 0 Å². The Morgan fingerprint density at radius 3 is 1.37 bits per heavy atom. The van der Waals surface area contributed by atoms with E-state index in [1.165, 1.54) is 33.0 Å². The largest absolute Gasteiger partial charge is 0.237 e. The summed E-state index contributed by atoms with van der Waals surface area (Å²) in [5, 5.41) is 4.70. The number of hydrogen-bond acceptors (Lipinski definition) is 2. The molecule has 0 saturated carbocycles. The van der Waals surface area contributed by atoms with Crippen LogP contribution >= 0.6 is 0 Å². The van der Waals surface area contributed by atoms with Gasteiger partial charge in [-0.05, 0) is 49.9 Å².